The van der Waals surface area contributed by atoms with E-state index in [1.54, 1.807) is 18.9 Å². The molecule has 0 rings (SSSR count). The molecule has 0 aliphatic rings. The molecule has 1 atom stereocenters. The number of hydrogen-bond acceptors (Lipinski definition) is 3. The Labute approximate surface area is 102 Å². The molecule has 0 fully saturated rings. The second-order valence-corrected chi connectivity index (χ2v) is 4.27. The smallest absolute Gasteiger partial charge is 0.317 e. The lowest BCUT2D eigenvalue weighted by atomic mass is 10.1. The third-order valence-corrected chi connectivity index (χ3v) is 2.39. The molecule has 1 unspecified atom stereocenters. The van der Waals surface area contributed by atoms with Gasteiger partial charge in [-0.1, -0.05) is 6.92 Å². The summed E-state index contributed by atoms with van der Waals surface area (Å²) in [5.41, 5.74) is 0. The second-order valence-electron chi connectivity index (χ2n) is 4.27. The predicted molar refractivity (Wildman–Crippen MR) is 66.0 cm³/mol. The summed E-state index contributed by atoms with van der Waals surface area (Å²) in [7, 11) is 3.60. The van der Waals surface area contributed by atoms with Crippen molar-refractivity contribution in [1.29, 1.82) is 0 Å². The highest BCUT2D eigenvalue weighted by molar-refractivity contribution is 5.74. The highest BCUT2D eigenvalue weighted by atomic mass is 16.4. The Morgan fingerprint density at radius 1 is 1.41 bits per heavy atom. The summed E-state index contributed by atoms with van der Waals surface area (Å²) < 4.78 is 0. The van der Waals surface area contributed by atoms with Crippen LogP contribution in [0.4, 0.5) is 4.79 Å². The van der Waals surface area contributed by atoms with Gasteiger partial charge in [-0.2, -0.15) is 0 Å². The Balaban J connectivity index is 3.73. The summed E-state index contributed by atoms with van der Waals surface area (Å²) in [6.07, 6.45) is 0.967. The number of urea groups is 1. The largest absolute Gasteiger partial charge is 0.481 e. The number of amides is 2. The van der Waals surface area contributed by atoms with Crippen LogP contribution in [0.25, 0.3) is 0 Å². The first-order valence-corrected chi connectivity index (χ1v) is 5.82. The van der Waals surface area contributed by atoms with Crippen LogP contribution in [-0.2, 0) is 4.79 Å². The number of rotatable bonds is 8. The second kappa shape index (κ2) is 8.81. The molecule has 0 bridgehead atoms. The number of carbonyl (C=O) groups excluding carboxylic acids is 1. The van der Waals surface area contributed by atoms with E-state index in [-0.39, 0.29) is 18.4 Å². The van der Waals surface area contributed by atoms with Crippen LogP contribution in [0.15, 0.2) is 0 Å². The monoisotopic (exact) mass is 245 g/mol. The highest BCUT2D eigenvalue weighted by Gasteiger charge is 2.11. The van der Waals surface area contributed by atoms with Crippen LogP contribution < -0.4 is 10.6 Å². The van der Waals surface area contributed by atoms with Gasteiger partial charge >= 0.3 is 12.0 Å². The molecular weight excluding hydrogens is 222 g/mol. The molecule has 0 heterocycles. The fourth-order valence-corrected chi connectivity index (χ4v) is 1.36. The molecule has 6 heteroatoms. The van der Waals surface area contributed by atoms with E-state index in [9.17, 15) is 9.59 Å². The number of carboxylic acid groups (broad SMARTS) is 1. The van der Waals surface area contributed by atoms with Gasteiger partial charge in [-0.15, -0.1) is 0 Å². The van der Waals surface area contributed by atoms with Gasteiger partial charge in [0.15, 0.2) is 0 Å². The number of aliphatic carboxylic acids is 1. The van der Waals surface area contributed by atoms with E-state index < -0.39 is 5.97 Å². The zero-order valence-corrected chi connectivity index (χ0v) is 10.8. The van der Waals surface area contributed by atoms with Gasteiger partial charge in [-0.3, -0.25) is 4.79 Å². The van der Waals surface area contributed by atoms with Crippen molar-refractivity contribution in [3.05, 3.63) is 0 Å². The third-order valence-electron chi connectivity index (χ3n) is 2.39. The van der Waals surface area contributed by atoms with Crippen LogP contribution >= 0.6 is 0 Å². The summed E-state index contributed by atoms with van der Waals surface area (Å²) in [6, 6.07) is -0.154. The number of nitrogens with one attached hydrogen (secondary N) is 2. The molecular formula is C11H23N3O3. The molecule has 2 amide bonds. The Morgan fingerprint density at radius 2 is 2.06 bits per heavy atom. The van der Waals surface area contributed by atoms with E-state index in [2.05, 4.69) is 10.6 Å². The van der Waals surface area contributed by atoms with Crippen LogP contribution in [0.2, 0.25) is 0 Å². The average molecular weight is 245 g/mol. The van der Waals surface area contributed by atoms with Gasteiger partial charge in [-0.25, -0.2) is 4.79 Å². The Bertz CT molecular complexity index is 246. The number of carbonyl (C=O) groups is 2. The third kappa shape index (κ3) is 8.50. The molecule has 0 aliphatic heterocycles. The number of carboxylic acids is 1. The molecule has 100 valence electrons. The van der Waals surface area contributed by atoms with Crippen molar-refractivity contribution >= 4 is 12.0 Å². The molecule has 0 aromatic carbocycles. The van der Waals surface area contributed by atoms with Crippen molar-refractivity contribution in [2.24, 2.45) is 5.92 Å². The van der Waals surface area contributed by atoms with Gasteiger partial charge in [0.1, 0.15) is 0 Å². The van der Waals surface area contributed by atoms with E-state index >= 15 is 0 Å². The lowest BCUT2D eigenvalue weighted by Crippen LogP contribution is -2.40. The van der Waals surface area contributed by atoms with Gasteiger partial charge in [0.2, 0.25) is 0 Å². The SMILES string of the molecule is CNCCCN(C)C(=O)NCC(C)CC(=O)O. The highest BCUT2D eigenvalue weighted by Crippen LogP contribution is 1.99. The van der Waals surface area contributed by atoms with Crippen LogP contribution in [0, 0.1) is 5.92 Å². The van der Waals surface area contributed by atoms with Gasteiger partial charge in [0, 0.05) is 26.6 Å². The maximum Gasteiger partial charge on any atom is 0.317 e. The maximum absolute atomic E-state index is 11.6. The summed E-state index contributed by atoms with van der Waals surface area (Å²) in [5.74, 6) is -0.892. The van der Waals surface area contributed by atoms with Crippen LogP contribution in [0.5, 0.6) is 0 Å². The van der Waals surface area contributed by atoms with Crippen molar-refractivity contribution in [2.75, 3.05) is 33.7 Å². The molecule has 6 nitrogen and oxygen atoms in total. The molecule has 0 aromatic rings. The van der Waals surface area contributed by atoms with E-state index in [1.165, 1.54) is 0 Å². The van der Waals surface area contributed by atoms with Crippen molar-refractivity contribution in [3.8, 4) is 0 Å². The summed E-state index contributed by atoms with van der Waals surface area (Å²) >= 11 is 0. The summed E-state index contributed by atoms with van der Waals surface area (Å²) in [5, 5.41) is 14.3. The van der Waals surface area contributed by atoms with Crippen LogP contribution in [0.1, 0.15) is 19.8 Å². The van der Waals surface area contributed by atoms with Crippen LogP contribution in [0.3, 0.4) is 0 Å². The molecule has 0 saturated heterocycles. The van der Waals surface area contributed by atoms with E-state index in [0.717, 1.165) is 13.0 Å². The van der Waals surface area contributed by atoms with Gasteiger partial charge in [-0.05, 0) is 25.9 Å². The minimum atomic E-state index is -0.839. The minimum absolute atomic E-state index is 0.0536. The number of nitrogens with zero attached hydrogens (tertiary/aromatic N) is 1. The van der Waals surface area contributed by atoms with Gasteiger partial charge in [0.05, 0.1) is 0 Å². The first kappa shape index (κ1) is 15.7. The lowest BCUT2D eigenvalue weighted by molar-refractivity contribution is -0.137. The molecule has 0 saturated carbocycles. The van der Waals surface area contributed by atoms with E-state index in [4.69, 9.17) is 5.11 Å². The zero-order chi connectivity index (χ0) is 13.3. The van der Waals surface area contributed by atoms with Crippen molar-refractivity contribution in [2.45, 2.75) is 19.8 Å². The first-order chi connectivity index (χ1) is 7.97. The molecule has 0 aromatic heterocycles. The minimum Gasteiger partial charge on any atom is -0.481 e. The Kier molecular flexibility index (Phi) is 8.13. The average Bonchev–Trinajstić information content (AvgIpc) is 2.25. The zero-order valence-electron chi connectivity index (χ0n) is 10.8. The summed E-state index contributed by atoms with van der Waals surface area (Å²) in [6.45, 7) is 3.74. The lowest BCUT2D eigenvalue weighted by Gasteiger charge is -2.19. The molecule has 17 heavy (non-hydrogen) atoms. The Morgan fingerprint density at radius 3 is 2.59 bits per heavy atom. The quantitative estimate of drug-likeness (QED) is 0.539. The normalized spacial score (nSPS) is 11.9. The van der Waals surface area contributed by atoms with Gasteiger partial charge < -0.3 is 20.6 Å². The first-order valence-electron chi connectivity index (χ1n) is 5.82. The predicted octanol–water partition coefficient (Wildman–Crippen LogP) is 0.348. The molecule has 0 radical (unpaired) electrons. The topological polar surface area (TPSA) is 81.7 Å². The Hall–Kier alpha value is -1.30. The van der Waals surface area contributed by atoms with E-state index in [0.29, 0.717) is 13.1 Å². The van der Waals surface area contributed by atoms with E-state index in [1.807, 2.05) is 7.05 Å². The van der Waals surface area contributed by atoms with Crippen LogP contribution in [-0.4, -0.2) is 55.7 Å². The van der Waals surface area contributed by atoms with Crippen molar-refractivity contribution < 1.29 is 14.7 Å². The van der Waals surface area contributed by atoms with Crippen molar-refractivity contribution in [3.63, 3.8) is 0 Å². The molecule has 3 N–H and O–H groups in total. The fourth-order valence-electron chi connectivity index (χ4n) is 1.36. The molecule has 0 spiro atoms. The standard InChI is InChI=1S/C11H23N3O3/c1-9(7-10(15)16)8-13-11(17)14(3)6-4-5-12-2/h9,12H,4-8H2,1-3H3,(H,13,17)(H,15,16). The number of hydrogen-bond donors (Lipinski definition) is 3. The van der Waals surface area contributed by atoms with Gasteiger partial charge in [0.25, 0.3) is 0 Å². The van der Waals surface area contributed by atoms with Crippen molar-refractivity contribution in [1.82, 2.24) is 15.5 Å². The fraction of sp³-hybridized carbons (Fsp3) is 0.818. The maximum atomic E-state index is 11.6. The summed E-state index contributed by atoms with van der Waals surface area (Å²) in [4.78, 5) is 23.6. The molecule has 0 aliphatic carbocycles.